The number of piperidine rings is 1. The Kier molecular flexibility index (Phi) is 4.31. The van der Waals surface area contributed by atoms with E-state index in [-0.39, 0.29) is 5.82 Å². The van der Waals surface area contributed by atoms with Gasteiger partial charge in [-0.05, 0) is 43.2 Å². The van der Waals surface area contributed by atoms with Crippen LogP contribution in [-0.4, -0.2) is 37.9 Å². The minimum Gasteiger partial charge on any atom is -0.340 e. The van der Waals surface area contributed by atoms with Crippen LogP contribution in [0.5, 0.6) is 0 Å². The molecule has 4 rings (SSSR count). The molecule has 0 aliphatic carbocycles. The number of nitrogens with zero attached hydrogens (tertiary/aromatic N) is 5. The van der Waals surface area contributed by atoms with Crippen molar-refractivity contribution in [1.29, 1.82) is 0 Å². The fourth-order valence-corrected chi connectivity index (χ4v) is 3.23. The number of rotatable bonds is 4. The van der Waals surface area contributed by atoms with Crippen LogP contribution < -0.4 is 0 Å². The van der Waals surface area contributed by atoms with Gasteiger partial charge in [-0.25, -0.2) is 4.39 Å². The molecule has 0 bridgehead atoms. The predicted octanol–water partition coefficient (Wildman–Crippen LogP) is 3.22. The van der Waals surface area contributed by atoms with Crippen molar-refractivity contribution >= 4 is 0 Å². The van der Waals surface area contributed by atoms with E-state index >= 15 is 0 Å². The summed E-state index contributed by atoms with van der Waals surface area (Å²) in [5.41, 5.74) is 1.78. The fraction of sp³-hybridized carbons (Fsp3) is 0.389. The molecule has 6 nitrogen and oxygen atoms in total. The standard InChI is InChI=1S/C18H20FN5O/c1-13-20-18(22-25-13)15-6-9-23(10-7-15)12-24-11-8-17(21-24)14-2-4-16(19)5-3-14/h2-5,8,11,15H,6-7,9-10,12H2,1H3. The molecule has 0 saturated carbocycles. The number of hydrogen-bond donors (Lipinski definition) is 0. The maximum atomic E-state index is 13.0. The average molecular weight is 341 g/mol. The fourth-order valence-electron chi connectivity index (χ4n) is 3.23. The second kappa shape index (κ2) is 6.76. The molecule has 0 spiro atoms. The molecule has 130 valence electrons. The third-order valence-electron chi connectivity index (χ3n) is 4.62. The molecule has 2 aromatic heterocycles. The van der Waals surface area contributed by atoms with E-state index in [0.717, 1.165) is 49.7 Å². The first-order valence-corrected chi connectivity index (χ1v) is 8.49. The van der Waals surface area contributed by atoms with Crippen LogP contribution in [0.3, 0.4) is 0 Å². The van der Waals surface area contributed by atoms with Gasteiger partial charge in [-0.1, -0.05) is 5.16 Å². The van der Waals surface area contributed by atoms with Crippen LogP contribution in [0, 0.1) is 12.7 Å². The number of likely N-dealkylation sites (tertiary alicyclic amines) is 1. The van der Waals surface area contributed by atoms with E-state index in [1.807, 2.05) is 23.9 Å². The Balaban J connectivity index is 1.35. The summed E-state index contributed by atoms with van der Waals surface area (Å²) < 4.78 is 20.0. The highest BCUT2D eigenvalue weighted by Gasteiger charge is 2.24. The lowest BCUT2D eigenvalue weighted by Crippen LogP contribution is -2.34. The molecule has 25 heavy (non-hydrogen) atoms. The monoisotopic (exact) mass is 341 g/mol. The molecule has 1 aliphatic rings. The maximum Gasteiger partial charge on any atom is 0.223 e. The Morgan fingerprint density at radius 2 is 1.92 bits per heavy atom. The van der Waals surface area contributed by atoms with Gasteiger partial charge in [0.2, 0.25) is 5.89 Å². The molecular formula is C18H20FN5O. The quantitative estimate of drug-likeness (QED) is 0.729. The molecule has 7 heteroatoms. The first-order valence-electron chi connectivity index (χ1n) is 8.49. The van der Waals surface area contributed by atoms with Gasteiger partial charge in [-0.15, -0.1) is 0 Å². The van der Waals surface area contributed by atoms with E-state index in [0.29, 0.717) is 11.8 Å². The van der Waals surface area contributed by atoms with Crippen molar-refractivity contribution in [2.45, 2.75) is 32.4 Å². The third-order valence-corrected chi connectivity index (χ3v) is 4.62. The Hall–Kier alpha value is -2.54. The third kappa shape index (κ3) is 3.61. The Bertz CT molecular complexity index is 833. The van der Waals surface area contributed by atoms with Crippen LogP contribution in [0.4, 0.5) is 4.39 Å². The zero-order valence-corrected chi connectivity index (χ0v) is 14.1. The van der Waals surface area contributed by atoms with Crippen LogP contribution in [0.25, 0.3) is 11.3 Å². The van der Waals surface area contributed by atoms with Crippen molar-refractivity contribution < 1.29 is 8.91 Å². The van der Waals surface area contributed by atoms with Crippen LogP contribution in [0.1, 0.15) is 30.5 Å². The molecule has 1 aliphatic heterocycles. The Morgan fingerprint density at radius 1 is 1.16 bits per heavy atom. The second-order valence-corrected chi connectivity index (χ2v) is 6.45. The average Bonchev–Trinajstić information content (AvgIpc) is 3.26. The van der Waals surface area contributed by atoms with Crippen molar-refractivity contribution in [3.05, 3.63) is 54.1 Å². The van der Waals surface area contributed by atoms with E-state index in [9.17, 15) is 4.39 Å². The van der Waals surface area contributed by atoms with E-state index in [1.165, 1.54) is 12.1 Å². The lowest BCUT2D eigenvalue weighted by atomic mass is 9.96. The van der Waals surface area contributed by atoms with Crippen LogP contribution in [0.2, 0.25) is 0 Å². The van der Waals surface area contributed by atoms with Crippen LogP contribution in [0.15, 0.2) is 41.1 Å². The summed E-state index contributed by atoms with van der Waals surface area (Å²) in [5.74, 6) is 1.60. The number of benzene rings is 1. The first kappa shape index (κ1) is 16.0. The topological polar surface area (TPSA) is 60.0 Å². The zero-order chi connectivity index (χ0) is 17.2. The molecule has 1 saturated heterocycles. The van der Waals surface area contributed by atoms with E-state index in [4.69, 9.17) is 4.52 Å². The highest BCUT2D eigenvalue weighted by Crippen LogP contribution is 2.26. The SMILES string of the molecule is Cc1nc(C2CCN(Cn3ccc(-c4ccc(F)cc4)n3)CC2)no1. The van der Waals surface area contributed by atoms with Crippen LogP contribution in [-0.2, 0) is 6.67 Å². The molecule has 3 aromatic rings. The normalized spacial score (nSPS) is 16.4. The molecule has 0 atom stereocenters. The van der Waals surface area contributed by atoms with Gasteiger partial charge < -0.3 is 4.52 Å². The zero-order valence-electron chi connectivity index (χ0n) is 14.1. The maximum absolute atomic E-state index is 13.0. The van der Waals surface area contributed by atoms with Crippen molar-refractivity contribution in [1.82, 2.24) is 24.8 Å². The van der Waals surface area contributed by atoms with Crippen LogP contribution >= 0.6 is 0 Å². The highest BCUT2D eigenvalue weighted by atomic mass is 19.1. The lowest BCUT2D eigenvalue weighted by Gasteiger charge is -2.30. The van der Waals surface area contributed by atoms with Crippen molar-refractivity contribution in [3.63, 3.8) is 0 Å². The van der Waals surface area contributed by atoms with Gasteiger partial charge in [0, 0.05) is 37.7 Å². The molecule has 0 N–H and O–H groups in total. The molecule has 1 fully saturated rings. The lowest BCUT2D eigenvalue weighted by molar-refractivity contribution is 0.159. The summed E-state index contributed by atoms with van der Waals surface area (Å²) in [7, 11) is 0. The second-order valence-electron chi connectivity index (χ2n) is 6.45. The summed E-state index contributed by atoms with van der Waals surface area (Å²) >= 11 is 0. The van der Waals surface area contributed by atoms with Gasteiger partial charge >= 0.3 is 0 Å². The van der Waals surface area contributed by atoms with Crippen molar-refractivity contribution in [3.8, 4) is 11.3 Å². The minimum absolute atomic E-state index is 0.233. The molecule has 3 heterocycles. The van der Waals surface area contributed by atoms with Crippen molar-refractivity contribution in [2.24, 2.45) is 0 Å². The smallest absolute Gasteiger partial charge is 0.223 e. The molecule has 0 unspecified atom stereocenters. The van der Waals surface area contributed by atoms with Gasteiger partial charge in [-0.2, -0.15) is 10.1 Å². The van der Waals surface area contributed by atoms with Gasteiger partial charge in [0.25, 0.3) is 0 Å². The largest absolute Gasteiger partial charge is 0.340 e. The highest BCUT2D eigenvalue weighted by molar-refractivity contribution is 5.58. The number of halogens is 1. The summed E-state index contributed by atoms with van der Waals surface area (Å²) in [4.78, 5) is 6.71. The van der Waals surface area contributed by atoms with Crippen molar-refractivity contribution in [2.75, 3.05) is 13.1 Å². The summed E-state index contributed by atoms with van der Waals surface area (Å²) in [5, 5.41) is 8.64. The molecule has 0 amide bonds. The summed E-state index contributed by atoms with van der Waals surface area (Å²) in [6, 6.07) is 8.38. The Morgan fingerprint density at radius 3 is 2.60 bits per heavy atom. The van der Waals surface area contributed by atoms with E-state index in [2.05, 4.69) is 20.1 Å². The number of hydrogen-bond acceptors (Lipinski definition) is 5. The Labute approximate surface area is 145 Å². The van der Waals surface area contributed by atoms with Gasteiger partial charge in [-0.3, -0.25) is 9.58 Å². The van der Waals surface area contributed by atoms with E-state index < -0.39 is 0 Å². The number of aryl methyl sites for hydroxylation is 1. The van der Waals surface area contributed by atoms with Gasteiger partial charge in [0.1, 0.15) is 5.82 Å². The predicted molar refractivity (Wildman–Crippen MR) is 90.2 cm³/mol. The van der Waals surface area contributed by atoms with Gasteiger partial charge in [0.15, 0.2) is 5.82 Å². The minimum atomic E-state index is -0.233. The number of aromatic nitrogens is 4. The van der Waals surface area contributed by atoms with E-state index in [1.54, 1.807) is 12.1 Å². The first-order chi connectivity index (χ1) is 12.2. The van der Waals surface area contributed by atoms with Gasteiger partial charge in [0.05, 0.1) is 12.4 Å². The molecule has 1 aromatic carbocycles. The molecular weight excluding hydrogens is 321 g/mol. The molecule has 0 radical (unpaired) electrons. The summed E-state index contributed by atoms with van der Waals surface area (Å²) in [6.07, 6.45) is 4.00. The summed E-state index contributed by atoms with van der Waals surface area (Å²) in [6.45, 7) is 4.52.